The van der Waals surface area contributed by atoms with Gasteiger partial charge in [0.05, 0.1) is 5.39 Å². The highest BCUT2D eigenvalue weighted by Crippen LogP contribution is 2.37. The van der Waals surface area contributed by atoms with Crippen LogP contribution in [0.5, 0.6) is 0 Å². The summed E-state index contributed by atoms with van der Waals surface area (Å²) in [5.41, 5.74) is -0.476. The molecule has 1 heterocycles. The van der Waals surface area contributed by atoms with Gasteiger partial charge in [0.15, 0.2) is 5.69 Å². The van der Waals surface area contributed by atoms with E-state index in [9.17, 15) is 22.8 Å². The van der Waals surface area contributed by atoms with E-state index in [1.165, 1.54) is 0 Å². The maximum absolute atomic E-state index is 13.1. The maximum atomic E-state index is 13.1. The SMILES string of the molecule is CCn1nc(C(=O)N(CC(F)(F)F)[C@@H](C)C2CC2)c2ccccc2c1=O. The molecular formula is C18H20F3N3O2. The minimum atomic E-state index is -4.51. The fraction of sp³-hybridized carbons (Fsp3) is 0.500. The van der Waals surface area contributed by atoms with Gasteiger partial charge in [-0.25, -0.2) is 4.68 Å². The molecule has 3 rings (SSSR count). The van der Waals surface area contributed by atoms with Crippen LogP contribution in [0.15, 0.2) is 29.1 Å². The second-order valence-electron chi connectivity index (χ2n) is 6.64. The Morgan fingerprint density at radius 3 is 2.46 bits per heavy atom. The van der Waals surface area contributed by atoms with E-state index in [2.05, 4.69) is 5.10 Å². The Morgan fingerprint density at radius 1 is 1.31 bits per heavy atom. The zero-order valence-electron chi connectivity index (χ0n) is 14.6. The Balaban J connectivity index is 2.11. The van der Waals surface area contributed by atoms with Crippen LogP contribution in [0.4, 0.5) is 13.2 Å². The molecule has 1 atom stereocenters. The second-order valence-corrected chi connectivity index (χ2v) is 6.64. The normalized spacial score (nSPS) is 15.9. The summed E-state index contributed by atoms with van der Waals surface area (Å²) < 4.78 is 40.4. The summed E-state index contributed by atoms with van der Waals surface area (Å²) in [6.45, 7) is 2.23. The molecule has 0 radical (unpaired) electrons. The maximum Gasteiger partial charge on any atom is 0.406 e. The van der Waals surface area contributed by atoms with Gasteiger partial charge in [0.1, 0.15) is 6.54 Å². The van der Waals surface area contributed by atoms with Crippen LogP contribution in [0.3, 0.4) is 0 Å². The number of nitrogens with zero attached hydrogens (tertiary/aromatic N) is 3. The van der Waals surface area contributed by atoms with Crippen molar-refractivity contribution in [2.24, 2.45) is 5.92 Å². The Labute approximate surface area is 148 Å². The number of carbonyl (C=O) groups is 1. The molecule has 5 nitrogen and oxygen atoms in total. The second kappa shape index (κ2) is 6.74. The van der Waals surface area contributed by atoms with Crippen molar-refractivity contribution in [2.75, 3.05) is 6.54 Å². The van der Waals surface area contributed by atoms with E-state index >= 15 is 0 Å². The molecule has 1 saturated carbocycles. The first kappa shape index (κ1) is 18.4. The van der Waals surface area contributed by atoms with Gasteiger partial charge < -0.3 is 4.90 Å². The van der Waals surface area contributed by atoms with Crippen LogP contribution in [-0.4, -0.2) is 39.4 Å². The number of amides is 1. The molecular weight excluding hydrogens is 347 g/mol. The minimum absolute atomic E-state index is 0.0737. The Kier molecular flexibility index (Phi) is 4.77. The van der Waals surface area contributed by atoms with Gasteiger partial charge in [-0.1, -0.05) is 18.2 Å². The minimum Gasteiger partial charge on any atom is -0.325 e. The number of carbonyl (C=O) groups excluding carboxylic acids is 1. The lowest BCUT2D eigenvalue weighted by Gasteiger charge is -2.30. The standard InChI is InChI=1S/C18H20F3N3O2/c1-3-24-16(25)14-7-5-4-6-13(14)15(22-24)17(26)23(10-18(19,20)21)11(2)12-8-9-12/h4-7,11-12H,3,8-10H2,1-2H3/t11-/m0/s1. The van der Waals surface area contributed by atoms with Crippen molar-refractivity contribution in [3.05, 3.63) is 40.3 Å². The lowest BCUT2D eigenvalue weighted by molar-refractivity contribution is -0.144. The van der Waals surface area contributed by atoms with Crippen molar-refractivity contribution >= 4 is 16.7 Å². The van der Waals surface area contributed by atoms with Gasteiger partial charge >= 0.3 is 6.18 Å². The van der Waals surface area contributed by atoms with Crippen molar-refractivity contribution in [1.29, 1.82) is 0 Å². The van der Waals surface area contributed by atoms with Gasteiger partial charge in [0.2, 0.25) is 0 Å². The van der Waals surface area contributed by atoms with Gasteiger partial charge in [0.25, 0.3) is 11.5 Å². The van der Waals surface area contributed by atoms with Crippen molar-refractivity contribution in [3.63, 3.8) is 0 Å². The number of aromatic nitrogens is 2. The number of fused-ring (bicyclic) bond motifs is 1. The molecule has 8 heteroatoms. The molecule has 1 aromatic carbocycles. The average molecular weight is 367 g/mol. The zero-order chi connectivity index (χ0) is 19.1. The molecule has 0 saturated heterocycles. The molecule has 0 spiro atoms. The van der Waals surface area contributed by atoms with Crippen molar-refractivity contribution in [3.8, 4) is 0 Å². The third kappa shape index (κ3) is 3.59. The molecule has 0 aliphatic heterocycles. The van der Waals surface area contributed by atoms with Crippen LogP contribution in [-0.2, 0) is 6.54 Å². The average Bonchev–Trinajstić information content (AvgIpc) is 3.43. The molecule has 1 amide bonds. The van der Waals surface area contributed by atoms with E-state index in [0.29, 0.717) is 0 Å². The largest absolute Gasteiger partial charge is 0.406 e. The predicted octanol–water partition coefficient (Wildman–Crippen LogP) is 3.22. The first-order valence-corrected chi connectivity index (χ1v) is 8.60. The molecule has 140 valence electrons. The molecule has 26 heavy (non-hydrogen) atoms. The third-order valence-corrected chi connectivity index (χ3v) is 4.78. The van der Waals surface area contributed by atoms with Crippen LogP contribution >= 0.6 is 0 Å². The molecule has 0 N–H and O–H groups in total. The highest BCUT2D eigenvalue weighted by atomic mass is 19.4. The van der Waals surface area contributed by atoms with E-state index in [4.69, 9.17) is 0 Å². The molecule has 1 aliphatic rings. The van der Waals surface area contributed by atoms with Crippen LogP contribution in [0.1, 0.15) is 37.2 Å². The molecule has 2 aromatic rings. The fourth-order valence-corrected chi connectivity index (χ4v) is 3.17. The summed E-state index contributed by atoms with van der Waals surface area (Å²) >= 11 is 0. The molecule has 0 bridgehead atoms. The number of benzene rings is 1. The smallest absolute Gasteiger partial charge is 0.325 e. The lowest BCUT2D eigenvalue weighted by atomic mass is 10.1. The van der Waals surface area contributed by atoms with Gasteiger partial charge in [-0.15, -0.1) is 0 Å². The monoisotopic (exact) mass is 367 g/mol. The first-order chi connectivity index (χ1) is 12.2. The number of alkyl halides is 3. The summed E-state index contributed by atoms with van der Waals surface area (Å²) in [5, 5.41) is 4.63. The van der Waals surface area contributed by atoms with Gasteiger partial charge in [-0.3, -0.25) is 9.59 Å². The van der Waals surface area contributed by atoms with Crippen LogP contribution in [0.25, 0.3) is 10.8 Å². The zero-order valence-corrected chi connectivity index (χ0v) is 14.6. The molecule has 1 aromatic heterocycles. The fourth-order valence-electron chi connectivity index (χ4n) is 3.17. The number of aryl methyl sites for hydroxylation is 1. The number of halogens is 3. The van der Waals surface area contributed by atoms with Gasteiger partial charge in [-0.05, 0) is 38.7 Å². The Morgan fingerprint density at radius 2 is 1.92 bits per heavy atom. The van der Waals surface area contributed by atoms with Gasteiger partial charge in [-0.2, -0.15) is 18.3 Å². The summed E-state index contributed by atoms with van der Waals surface area (Å²) in [6.07, 6.45) is -2.88. The van der Waals surface area contributed by atoms with Crippen molar-refractivity contribution < 1.29 is 18.0 Å². The van der Waals surface area contributed by atoms with E-state index in [1.54, 1.807) is 38.1 Å². The Bertz CT molecular complexity index is 887. The quantitative estimate of drug-likeness (QED) is 0.815. The van der Waals surface area contributed by atoms with Crippen LogP contribution < -0.4 is 5.56 Å². The first-order valence-electron chi connectivity index (χ1n) is 8.60. The third-order valence-electron chi connectivity index (χ3n) is 4.78. The molecule has 0 unspecified atom stereocenters. The van der Waals surface area contributed by atoms with Crippen molar-refractivity contribution in [2.45, 2.75) is 45.5 Å². The predicted molar refractivity (Wildman–Crippen MR) is 91.0 cm³/mol. The molecule has 1 aliphatic carbocycles. The summed E-state index contributed by atoms with van der Waals surface area (Å²) in [7, 11) is 0. The number of hydrogen-bond acceptors (Lipinski definition) is 3. The van der Waals surface area contributed by atoms with Crippen molar-refractivity contribution in [1.82, 2.24) is 14.7 Å². The van der Waals surface area contributed by atoms with E-state index in [-0.39, 0.29) is 34.5 Å². The van der Waals surface area contributed by atoms with Crippen LogP contribution in [0, 0.1) is 5.92 Å². The highest BCUT2D eigenvalue weighted by molar-refractivity contribution is 6.04. The van der Waals surface area contributed by atoms with E-state index in [1.807, 2.05) is 0 Å². The van der Waals surface area contributed by atoms with E-state index < -0.39 is 24.7 Å². The number of rotatable bonds is 5. The van der Waals surface area contributed by atoms with E-state index in [0.717, 1.165) is 22.4 Å². The van der Waals surface area contributed by atoms with Crippen LogP contribution in [0.2, 0.25) is 0 Å². The summed E-state index contributed by atoms with van der Waals surface area (Å²) in [6, 6.07) is 5.85. The lowest BCUT2D eigenvalue weighted by Crippen LogP contribution is -2.46. The highest BCUT2D eigenvalue weighted by Gasteiger charge is 2.41. The summed E-state index contributed by atoms with van der Waals surface area (Å²) in [5.74, 6) is -0.718. The topological polar surface area (TPSA) is 55.2 Å². The summed E-state index contributed by atoms with van der Waals surface area (Å²) in [4.78, 5) is 26.3. The molecule has 1 fully saturated rings. The van der Waals surface area contributed by atoms with Gasteiger partial charge in [0, 0.05) is 18.0 Å². The Hall–Kier alpha value is -2.38. The number of hydrogen-bond donors (Lipinski definition) is 0.